The summed E-state index contributed by atoms with van der Waals surface area (Å²) in [5.41, 5.74) is -0.765. The second-order valence-corrected chi connectivity index (χ2v) is 5.43. The first-order chi connectivity index (χ1) is 11.0. The summed E-state index contributed by atoms with van der Waals surface area (Å²) in [5, 5.41) is 14.1. The van der Waals surface area contributed by atoms with Gasteiger partial charge in [0.15, 0.2) is 0 Å². The number of carbonyl (C=O) groups excluding carboxylic acids is 2. The fourth-order valence-corrected chi connectivity index (χ4v) is 2.37. The summed E-state index contributed by atoms with van der Waals surface area (Å²) in [7, 11) is 0. The number of amides is 2. The van der Waals surface area contributed by atoms with E-state index < -0.39 is 23.3 Å². The summed E-state index contributed by atoms with van der Waals surface area (Å²) in [6.45, 7) is 2.14. The molecule has 2 rings (SSSR count). The third-order valence-corrected chi connectivity index (χ3v) is 3.83. The first-order valence-corrected chi connectivity index (χ1v) is 7.52. The minimum atomic E-state index is -1.17. The van der Waals surface area contributed by atoms with Gasteiger partial charge in [-0.15, -0.1) is 0 Å². The van der Waals surface area contributed by atoms with Gasteiger partial charge in [-0.2, -0.15) is 0 Å². The van der Waals surface area contributed by atoms with Crippen molar-refractivity contribution >= 4 is 17.8 Å². The molecule has 0 bridgehead atoms. The van der Waals surface area contributed by atoms with E-state index >= 15 is 0 Å². The van der Waals surface area contributed by atoms with Crippen LogP contribution < -0.4 is 15.4 Å². The van der Waals surface area contributed by atoms with Crippen LogP contribution in [0.5, 0.6) is 5.75 Å². The second kappa shape index (κ2) is 7.13. The van der Waals surface area contributed by atoms with Gasteiger partial charge in [0.25, 0.3) is 5.91 Å². The van der Waals surface area contributed by atoms with E-state index in [4.69, 9.17) is 9.84 Å². The number of carbonyl (C=O) groups is 3. The molecule has 1 saturated carbocycles. The molecule has 23 heavy (non-hydrogen) atoms. The lowest BCUT2D eigenvalue weighted by Crippen LogP contribution is -2.60. The van der Waals surface area contributed by atoms with E-state index in [2.05, 4.69) is 10.6 Å². The van der Waals surface area contributed by atoms with E-state index in [0.29, 0.717) is 30.8 Å². The first kappa shape index (κ1) is 16.8. The molecular formula is C16H20N2O5. The highest BCUT2D eigenvalue weighted by Gasteiger charge is 2.45. The van der Waals surface area contributed by atoms with Crippen molar-refractivity contribution in [3.8, 4) is 5.75 Å². The Labute approximate surface area is 134 Å². The van der Waals surface area contributed by atoms with E-state index in [1.165, 1.54) is 0 Å². The minimum absolute atomic E-state index is 0.263. The number of nitrogens with one attached hydrogen (secondary N) is 2. The van der Waals surface area contributed by atoms with Crippen molar-refractivity contribution < 1.29 is 24.2 Å². The SMILES string of the molecule is CCOc1ccc(C(=O)NCC(=O)NC2(C(=O)O)CCC2)cc1. The maximum absolute atomic E-state index is 12.0. The number of benzene rings is 1. The van der Waals surface area contributed by atoms with Crippen LogP contribution in [0.3, 0.4) is 0 Å². The fraction of sp³-hybridized carbons (Fsp3) is 0.438. The molecule has 0 aromatic heterocycles. The lowest BCUT2D eigenvalue weighted by Gasteiger charge is -2.38. The van der Waals surface area contributed by atoms with Crippen molar-refractivity contribution in [2.45, 2.75) is 31.7 Å². The topological polar surface area (TPSA) is 105 Å². The Morgan fingerprint density at radius 2 is 1.87 bits per heavy atom. The monoisotopic (exact) mass is 320 g/mol. The molecular weight excluding hydrogens is 300 g/mol. The van der Waals surface area contributed by atoms with Crippen LogP contribution in [0.2, 0.25) is 0 Å². The largest absolute Gasteiger partial charge is 0.494 e. The van der Waals surface area contributed by atoms with Crippen LogP contribution in [0.25, 0.3) is 0 Å². The molecule has 0 spiro atoms. The van der Waals surface area contributed by atoms with Crippen molar-refractivity contribution in [1.82, 2.24) is 10.6 Å². The molecule has 0 heterocycles. The molecule has 1 aliphatic rings. The summed E-state index contributed by atoms with van der Waals surface area (Å²) in [6.07, 6.45) is 1.60. The van der Waals surface area contributed by atoms with Crippen LogP contribution >= 0.6 is 0 Å². The molecule has 1 aliphatic carbocycles. The quantitative estimate of drug-likeness (QED) is 0.693. The molecule has 2 amide bonds. The zero-order chi connectivity index (χ0) is 16.9. The maximum atomic E-state index is 12.0. The average Bonchev–Trinajstić information content (AvgIpc) is 2.49. The van der Waals surface area contributed by atoms with Gasteiger partial charge in [-0.05, 0) is 50.5 Å². The number of carboxylic acid groups (broad SMARTS) is 1. The first-order valence-electron chi connectivity index (χ1n) is 7.52. The molecule has 0 saturated heterocycles. The molecule has 0 radical (unpaired) electrons. The molecule has 1 aromatic carbocycles. The van der Waals surface area contributed by atoms with Gasteiger partial charge in [0.1, 0.15) is 11.3 Å². The van der Waals surface area contributed by atoms with Gasteiger partial charge in [-0.1, -0.05) is 0 Å². The molecule has 7 nitrogen and oxygen atoms in total. The smallest absolute Gasteiger partial charge is 0.329 e. The molecule has 1 aromatic rings. The van der Waals surface area contributed by atoms with E-state index in [-0.39, 0.29) is 6.54 Å². The molecule has 7 heteroatoms. The van der Waals surface area contributed by atoms with Gasteiger partial charge < -0.3 is 20.5 Å². The van der Waals surface area contributed by atoms with Crippen LogP contribution in [0.4, 0.5) is 0 Å². The van der Waals surface area contributed by atoms with E-state index in [9.17, 15) is 14.4 Å². The highest BCUT2D eigenvalue weighted by atomic mass is 16.5. The zero-order valence-corrected chi connectivity index (χ0v) is 12.9. The van der Waals surface area contributed by atoms with Crippen molar-refractivity contribution in [1.29, 1.82) is 0 Å². The molecule has 1 fully saturated rings. The molecule has 3 N–H and O–H groups in total. The van der Waals surface area contributed by atoms with E-state index in [1.54, 1.807) is 24.3 Å². The maximum Gasteiger partial charge on any atom is 0.329 e. The van der Waals surface area contributed by atoms with Crippen LogP contribution in [0.15, 0.2) is 24.3 Å². The number of rotatable bonds is 7. The van der Waals surface area contributed by atoms with Crippen LogP contribution in [0.1, 0.15) is 36.5 Å². The Hall–Kier alpha value is -2.57. The Morgan fingerprint density at radius 1 is 1.22 bits per heavy atom. The minimum Gasteiger partial charge on any atom is -0.494 e. The van der Waals surface area contributed by atoms with Gasteiger partial charge in [-0.25, -0.2) is 4.79 Å². The molecule has 0 unspecified atom stereocenters. The summed E-state index contributed by atoms with van der Waals surface area (Å²) in [4.78, 5) is 34.9. The summed E-state index contributed by atoms with van der Waals surface area (Å²) in [5.74, 6) is -1.28. The Balaban J connectivity index is 1.84. The predicted molar refractivity (Wildman–Crippen MR) is 82.3 cm³/mol. The summed E-state index contributed by atoms with van der Waals surface area (Å²) < 4.78 is 5.28. The molecule has 0 aliphatic heterocycles. The van der Waals surface area contributed by atoms with Crippen LogP contribution in [-0.2, 0) is 9.59 Å². The third-order valence-electron chi connectivity index (χ3n) is 3.83. The zero-order valence-electron chi connectivity index (χ0n) is 12.9. The van der Waals surface area contributed by atoms with Crippen LogP contribution in [-0.4, -0.2) is 41.6 Å². The van der Waals surface area contributed by atoms with Crippen LogP contribution in [0, 0.1) is 0 Å². The van der Waals surface area contributed by atoms with Crippen molar-refractivity contribution in [3.05, 3.63) is 29.8 Å². The van der Waals surface area contributed by atoms with Gasteiger partial charge in [-0.3, -0.25) is 9.59 Å². The van der Waals surface area contributed by atoms with Crippen molar-refractivity contribution in [2.24, 2.45) is 0 Å². The fourth-order valence-electron chi connectivity index (χ4n) is 2.37. The van der Waals surface area contributed by atoms with Crippen molar-refractivity contribution in [2.75, 3.05) is 13.2 Å². The number of ether oxygens (including phenoxy) is 1. The molecule has 124 valence electrons. The Bertz CT molecular complexity index is 593. The number of hydrogen-bond acceptors (Lipinski definition) is 4. The predicted octanol–water partition coefficient (Wildman–Crippen LogP) is 0.939. The highest BCUT2D eigenvalue weighted by molar-refractivity contribution is 5.97. The Kier molecular flexibility index (Phi) is 5.20. The second-order valence-electron chi connectivity index (χ2n) is 5.43. The van der Waals surface area contributed by atoms with Gasteiger partial charge >= 0.3 is 5.97 Å². The molecule has 0 atom stereocenters. The normalized spacial score (nSPS) is 15.2. The van der Waals surface area contributed by atoms with E-state index in [1.807, 2.05) is 6.92 Å². The van der Waals surface area contributed by atoms with Gasteiger partial charge in [0.05, 0.1) is 13.2 Å². The standard InChI is InChI=1S/C16H20N2O5/c1-2-23-12-6-4-11(5-7-12)14(20)17-10-13(19)18-16(15(21)22)8-3-9-16/h4-7H,2-3,8-10H2,1H3,(H,17,20)(H,18,19)(H,21,22). The average molecular weight is 320 g/mol. The summed E-state index contributed by atoms with van der Waals surface area (Å²) >= 11 is 0. The van der Waals surface area contributed by atoms with Gasteiger partial charge in [0.2, 0.25) is 5.91 Å². The van der Waals surface area contributed by atoms with Crippen molar-refractivity contribution in [3.63, 3.8) is 0 Å². The highest BCUT2D eigenvalue weighted by Crippen LogP contribution is 2.31. The number of carboxylic acids is 1. The Morgan fingerprint density at radius 3 is 2.35 bits per heavy atom. The van der Waals surface area contributed by atoms with Gasteiger partial charge in [0, 0.05) is 5.56 Å². The lowest BCUT2D eigenvalue weighted by molar-refractivity contribution is -0.151. The number of aliphatic carboxylic acids is 1. The lowest BCUT2D eigenvalue weighted by atomic mass is 9.77. The van der Waals surface area contributed by atoms with E-state index in [0.717, 1.165) is 6.42 Å². The third kappa shape index (κ3) is 4.00. The number of hydrogen-bond donors (Lipinski definition) is 3. The summed E-state index contributed by atoms with van der Waals surface area (Å²) in [6, 6.07) is 6.55.